The summed E-state index contributed by atoms with van der Waals surface area (Å²) in [5.74, 6) is 0. The van der Waals surface area contributed by atoms with E-state index in [1.54, 1.807) is 0 Å². The molecule has 1 aliphatic rings. The smallest absolute Gasteiger partial charge is 0.0621 e. The largest absolute Gasteiger partial charge is 0.476 e. The van der Waals surface area contributed by atoms with Crippen molar-refractivity contribution in [2.75, 3.05) is 0 Å². The lowest BCUT2D eigenvalue weighted by Crippen LogP contribution is -2.84. The van der Waals surface area contributed by atoms with Gasteiger partial charge in [-0.05, 0) is 25.7 Å². The van der Waals surface area contributed by atoms with Gasteiger partial charge in [0.2, 0.25) is 0 Å². The predicted molar refractivity (Wildman–Crippen MR) is 37.5 cm³/mol. The first-order chi connectivity index (χ1) is 4.33. The Morgan fingerprint density at radius 3 is 2.22 bits per heavy atom. The fourth-order valence-electron chi connectivity index (χ4n) is 1.38. The van der Waals surface area contributed by atoms with Crippen LogP contribution in [0.4, 0.5) is 0 Å². The van der Waals surface area contributed by atoms with Crippen LogP contribution in [0.15, 0.2) is 0 Å². The van der Waals surface area contributed by atoms with Gasteiger partial charge in [-0.15, -0.1) is 0 Å². The van der Waals surface area contributed by atoms with E-state index < -0.39 is 0 Å². The normalized spacial score (nSPS) is 36.7. The average molecular weight is 128 g/mol. The van der Waals surface area contributed by atoms with Crippen LogP contribution in [0.3, 0.4) is 0 Å². The molecular weight excluding hydrogens is 112 g/mol. The van der Waals surface area contributed by atoms with E-state index in [1.165, 1.54) is 25.7 Å². The van der Waals surface area contributed by atoms with Gasteiger partial charge in [0.1, 0.15) is 0 Å². The summed E-state index contributed by atoms with van der Waals surface area (Å²) in [4.78, 5) is 0. The topological polar surface area (TPSA) is 42.6 Å². The van der Waals surface area contributed by atoms with E-state index in [4.69, 9.17) is 5.73 Å². The van der Waals surface area contributed by atoms with Crippen LogP contribution in [-0.4, -0.2) is 12.1 Å². The molecule has 2 heteroatoms. The Kier molecular flexibility index (Phi) is 2.49. The molecule has 1 aliphatic carbocycles. The summed E-state index contributed by atoms with van der Waals surface area (Å²) < 4.78 is 0. The molecular formula is C7H16N2. The van der Waals surface area contributed by atoms with Gasteiger partial charge in [-0.3, -0.25) is 0 Å². The zero-order chi connectivity index (χ0) is 6.69. The monoisotopic (exact) mass is 128 g/mol. The third kappa shape index (κ3) is 1.95. The molecule has 1 rings (SSSR count). The average Bonchev–Trinajstić information content (AvgIpc) is 1.90. The molecule has 54 valence electrons. The van der Waals surface area contributed by atoms with E-state index in [1.807, 2.05) is 0 Å². The standard InChI is InChI=1S/C7H16N2/c1-9-7-4-2-6(8)3-5-7/h6-7H,1-5,8-9H2/t6-,7-. The van der Waals surface area contributed by atoms with Crippen LogP contribution in [0.2, 0.25) is 0 Å². The van der Waals surface area contributed by atoms with Crippen LogP contribution in [-0.2, 0) is 0 Å². The Labute approximate surface area is 56.8 Å². The molecule has 1 fully saturated rings. The van der Waals surface area contributed by atoms with Crippen molar-refractivity contribution < 1.29 is 5.32 Å². The van der Waals surface area contributed by atoms with Crippen LogP contribution in [0.25, 0.3) is 0 Å². The first-order valence-electron chi connectivity index (χ1n) is 3.71. The van der Waals surface area contributed by atoms with Crippen LogP contribution in [0.5, 0.6) is 0 Å². The molecule has 0 unspecified atom stereocenters. The van der Waals surface area contributed by atoms with Gasteiger partial charge in [0, 0.05) is 6.04 Å². The van der Waals surface area contributed by atoms with Gasteiger partial charge >= 0.3 is 0 Å². The third-order valence-corrected chi connectivity index (χ3v) is 2.15. The van der Waals surface area contributed by atoms with Gasteiger partial charge in [-0.25, -0.2) is 0 Å². The maximum atomic E-state index is 5.72. The Bertz CT molecular complexity index is 75.0. The van der Waals surface area contributed by atoms with Crippen molar-refractivity contribution in [2.45, 2.75) is 37.8 Å². The van der Waals surface area contributed by atoms with Crippen molar-refractivity contribution in [2.24, 2.45) is 5.73 Å². The zero-order valence-electron chi connectivity index (χ0n) is 5.84. The molecule has 2 nitrogen and oxygen atoms in total. The Balaban J connectivity index is 2.18. The lowest BCUT2D eigenvalue weighted by atomic mass is 9.92. The first-order valence-corrected chi connectivity index (χ1v) is 3.71. The summed E-state index contributed by atoms with van der Waals surface area (Å²) >= 11 is 0. The van der Waals surface area contributed by atoms with Gasteiger partial charge < -0.3 is 11.1 Å². The molecule has 0 aliphatic heterocycles. The Morgan fingerprint density at radius 1 is 1.22 bits per heavy atom. The van der Waals surface area contributed by atoms with E-state index >= 15 is 0 Å². The van der Waals surface area contributed by atoms with Crippen LogP contribution < -0.4 is 11.1 Å². The molecule has 0 bridgehead atoms. The number of hydrogen-bond donors (Lipinski definition) is 2. The second-order valence-electron chi connectivity index (χ2n) is 2.91. The SMILES string of the molecule is [CH2-][NH2+][C@H]1CC[C@H](N)CC1. The molecule has 0 heterocycles. The molecule has 9 heavy (non-hydrogen) atoms. The maximum absolute atomic E-state index is 5.72. The highest BCUT2D eigenvalue weighted by Crippen LogP contribution is 2.13. The highest BCUT2D eigenvalue weighted by atomic mass is 14.9. The van der Waals surface area contributed by atoms with Crippen molar-refractivity contribution in [1.29, 1.82) is 0 Å². The van der Waals surface area contributed by atoms with Crippen molar-refractivity contribution >= 4 is 0 Å². The van der Waals surface area contributed by atoms with Gasteiger partial charge in [0.05, 0.1) is 6.04 Å². The maximum Gasteiger partial charge on any atom is 0.0621 e. The van der Waals surface area contributed by atoms with Crippen LogP contribution >= 0.6 is 0 Å². The van der Waals surface area contributed by atoms with Crippen LogP contribution in [0.1, 0.15) is 25.7 Å². The zero-order valence-corrected chi connectivity index (χ0v) is 5.84. The number of rotatable bonds is 1. The molecule has 0 aromatic carbocycles. The lowest BCUT2D eigenvalue weighted by Gasteiger charge is -2.25. The molecule has 0 saturated heterocycles. The number of nitrogens with two attached hydrogens (primary N) is 2. The van der Waals surface area contributed by atoms with E-state index in [0.29, 0.717) is 6.04 Å². The quantitative estimate of drug-likeness (QED) is 0.464. The highest BCUT2D eigenvalue weighted by Gasteiger charge is 2.17. The van der Waals surface area contributed by atoms with Crippen molar-refractivity contribution in [1.82, 2.24) is 0 Å². The number of hydrogen-bond acceptors (Lipinski definition) is 1. The lowest BCUT2D eigenvalue weighted by molar-refractivity contribution is -0.636. The van der Waals surface area contributed by atoms with Gasteiger partial charge in [0.25, 0.3) is 0 Å². The van der Waals surface area contributed by atoms with E-state index in [-0.39, 0.29) is 0 Å². The molecule has 0 aromatic heterocycles. The summed E-state index contributed by atoms with van der Waals surface area (Å²) in [6.07, 6.45) is 4.89. The summed E-state index contributed by atoms with van der Waals surface area (Å²) in [6.45, 7) is 0. The molecule has 0 atom stereocenters. The Hall–Kier alpha value is -0.0800. The minimum Gasteiger partial charge on any atom is -0.476 e. The summed E-state index contributed by atoms with van der Waals surface area (Å²) in [7, 11) is 3.77. The fourth-order valence-corrected chi connectivity index (χ4v) is 1.38. The van der Waals surface area contributed by atoms with E-state index in [2.05, 4.69) is 12.4 Å². The number of quaternary nitrogens is 1. The molecule has 0 aromatic rings. The molecule has 4 N–H and O–H groups in total. The minimum atomic E-state index is 0.473. The van der Waals surface area contributed by atoms with Crippen molar-refractivity contribution in [3.05, 3.63) is 7.05 Å². The molecule has 0 spiro atoms. The van der Waals surface area contributed by atoms with Gasteiger partial charge in [-0.2, -0.15) is 7.05 Å². The van der Waals surface area contributed by atoms with Gasteiger partial charge in [-0.1, -0.05) is 0 Å². The Morgan fingerprint density at radius 2 is 1.78 bits per heavy atom. The molecule has 0 amide bonds. The first kappa shape index (κ1) is 7.03. The highest BCUT2D eigenvalue weighted by molar-refractivity contribution is 4.72. The fraction of sp³-hybridized carbons (Fsp3) is 0.857. The van der Waals surface area contributed by atoms with E-state index in [0.717, 1.165) is 6.04 Å². The predicted octanol–water partition coefficient (Wildman–Crippen LogP) is -0.389. The van der Waals surface area contributed by atoms with E-state index in [9.17, 15) is 0 Å². The molecule has 0 radical (unpaired) electrons. The third-order valence-electron chi connectivity index (χ3n) is 2.15. The van der Waals surface area contributed by atoms with Crippen LogP contribution in [0, 0.1) is 7.05 Å². The minimum absolute atomic E-state index is 0.473. The summed E-state index contributed by atoms with van der Waals surface area (Å²) in [6, 6.07) is 1.23. The second-order valence-corrected chi connectivity index (χ2v) is 2.91. The summed E-state index contributed by atoms with van der Waals surface area (Å²) in [5, 5.41) is 2.06. The van der Waals surface area contributed by atoms with Crippen molar-refractivity contribution in [3.8, 4) is 0 Å². The van der Waals surface area contributed by atoms with Crippen molar-refractivity contribution in [3.63, 3.8) is 0 Å². The summed E-state index contributed by atoms with van der Waals surface area (Å²) in [5.41, 5.74) is 5.72. The second kappa shape index (κ2) is 3.18. The molecule has 1 saturated carbocycles. The van der Waals surface area contributed by atoms with Gasteiger partial charge in [0.15, 0.2) is 0 Å².